The fraction of sp³-hybridized carbons (Fsp3) is 0.500. The summed E-state index contributed by atoms with van der Waals surface area (Å²) in [6.45, 7) is 0.987. The first kappa shape index (κ1) is 11.1. The van der Waals surface area contributed by atoms with Gasteiger partial charge >= 0.3 is 0 Å². The van der Waals surface area contributed by atoms with Gasteiger partial charge in [0.2, 0.25) is 0 Å². The summed E-state index contributed by atoms with van der Waals surface area (Å²) >= 11 is 0. The molecule has 0 saturated carbocycles. The minimum atomic E-state index is -0.414. The highest BCUT2D eigenvalue weighted by Crippen LogP contribution is 2.10. The van der Waals surface area contributed by atoms with Gasteiger partial charge in [-0.15, -0.1) is 0 Å². The summed E-state index contributed by atoms with van der Waals surface area (Å²) in [6.07, 6.45) is 3.16. The molecule has 0 amide bonds. The molecular formula is C10H18N4. The Morgan fingerprint density at radius 2 is 2.07 bits per heavy atom. The molecule has 0 radical (unpaired) electrons. The third-order valence-corrected chi connectivity index (χ3v) is 2.31. The lowest BCUT2D eigenvalue weighted by atomic mass is 9.91. The largest absolute Gasteiger partial charge is 0.330 e. The normalized spacial score (nSPS) is 15.1. The molecule has 1 heterocycles. The van der Waals surface area contributed by atoms with E-state index >= 15 is 0 Å². The maximum absolute atomic E-state index is 6.09. The molecular weight excluding hydrogens is 176 g/mol. The maximum atomic E-state index is 6.09. The van der Waals surface area contributed by atoms with Gasteiger partial charge in [-0.2, -0.15) is 0 Å². The highest BCUT2D eigenvalue weighted by atomic mass is 14.8. The number of hydrogen-bond acceptors (Lipinski definition) is 4. The predicted octanol–water partition coefficient (Wildman–Crippen LogP) is -0.371. The van der Waals surface area contributed by atoms with Gasteiger partial charge in [-0.3, -0.25) is 4.98 Å². The van der Waals surface area contributed by atoms with Gasteiger partial charge in [0.05, 0.1) is 0 Å². The van der Waals surface area contributed by atoms with Gasteiger partial charge in [0.15, 0.2) is 0 Å². The summed E-state index contributed by atoms with van der Waals surface area (Å²) < 4.78 is 0. The van der Waals surface area contributed by atoms with E-state index in [0.717, 1.165) is 12.1 Å². The van der Waals surface area contributed by atoms with Crippen molar-refractivity contribution in [3.8, 4) is 0 Å². The quantitative estimate of drug-likeness (QED) is 0.596. The molecule has 1 atom stereocenters. The number of nitrogens with two attached hydrogens (primary N) is 3. The van der Waals surface area contributed by atoms with Crippen LogP contribution in [0.5, 0.6) is 0 Å². The second-order valence-electron chi connectivity index (χ2n) is 3.60. The average Bonchev–Trinajstić information content (AvgIpc) is 2.20. The van der Waals surface area contributed by atoms with E-state index in [1.165, 1.54) is 0 Å². The van der Waals surface area contributed by atoms with Crippen molar-refractivity contribution < 1.29 is 0 Å². The Bertz CT molecular complexity index is 262. The van der Waals surface area contributed by atoms with Gasteiger partial charge in [-0.05, 0) is 25.1 Å². The van der Waals surface area contributed by atoms with Crippen molar-refractivity contribution in [3.05, 3.63) is 30.1 Å². The molecule has 6 N–H and O–H groups in total. The van der Waals surface area contributed by atoms with E-state index in [0.29, 0.717) is 19.5 Å². The number of pyridine rings is 1. The van der Waals surface area contributed by atoms with Crippen molar-refractivity contribution in [1.29, 1.82) is 0 Å². The van der Waals surface area contributed by atoms with E-state index in [9.17, 15) is 0 Å². The molecule has 4 heteroatoms. The molecule has 1 aromatic rings. The molecule has 4 nitrogen and oxygen atoms in total. The molecule has 1 rings (SSSR count). The van der Waals surface area contributed by atoms with Gasteiger partial charge in [0.25, 0.3) is 0 Å². The Balaban J connectivity index is 2.65. The molecule has 78 valence electrons. The summed E-state index contributed by atoms with van der Waals surface area (Å²) in [5.41, 5.74) is 17.8. The van der Waals surface area contributed by atoms with Gasteiger partial charge in [-0.1, -0.05) is 6.07 Å². The molecule has 0 aliphatic rings. The van der Waals surface area contributed by atoms with Crippen LogP contribution in [0, 0.1) is 0 Å². The van der Waals surface area contributed by atoms with E-state index in [1.807, 2.05) is 18.2 Å². The third-order valence-electron chi connectivity index (χ3n) is 2.31. The lowest BCUT2D eigenvalue weighted by molar-refractivity contribution is 0.402. The summed E-state index contributed by atoms with van der Waals surface area (Å²) in [4.78, 5) is 4.22. The van der Waals surface area contributed by atoms with Crippen LogP contribution in [0.3, 0.4) is 0 Å². The average molecular weight is 194 g/mol. The van der Waals surface area contributed by atoms with Crippen molar-refractivity contribution in [1.82, 2.24) is 4.98 Å². The van der Waals surface area contributed by atoms with Crippen molar-refractivity contribution >= 4 is 0 Å². The van der Waals surface area contributed by atoms with Crippen LogP contribution in [0.1, 0.15) is 12.1 Å². The molecule has 0 fully saturated rings. The lowest BCUT2D eigenvalue weighted by Gasteiger charge is -2.26. The maximum Gasteiger partial charge on any atom is 0.0422 e. The monoisotopic (exact) mass is 194 g/mol. The first-order chi connectivity index (χ1) is 6.70. The second kappa shape index (κ2) is 5.05. The number of rotatable bonds is 5. The molecule has 1 aromatic heterocycles. The van der Waals surface area contributed by atoms with Crippen molar-refractivity contribution in [3.63, 3.8) is 0 Å². The molecule has 0 aliphatic carbocycles. The third kappa shape index (κ3) is 3.06. The SMILES string of the molecule is NCCC(N)(CN)Cc1ccccn1. The zero-order valence-electron chi connectivity index (χ0n) is 8.32. The van der Waals surface area contributed by atoms with Gasteiger partial charge in [0, 0.05) is 30.4 Å². The predicted molar refractivity (Wildman–Crippen MR) is 57.6 cm³/mol. The topological polar surface area (TPSA) is 91.0 Å². The van der Waals surface area contributed by atoms with Crippen LogP contribution in [0.15, 0.2) is 24.4 Å². The van der Waals surface area contributed by atoms with E-state index in [1.54, 1.807) is 6.20 Å². The Hall–Kier alpha value is -0.970. The minimum Gasteiger partial charge on any atom is -0.330 e. The van der Waals surface area contributed by atoms with Crippen LogP contribution in [0.4, 0.5) is 0 Å². The summed E-state index contributed by atoms with van der Waals surface area (Å²) in [7, 11) is 0. The summed E-state index contributed by atoms with van der Waals surface area (Å²) in [5.74, 6) is 0. The van der Waals surface area contributed by atoms with Crippen LogP contribution >= 0.6 is 0 Å². The first-order valence-electron chi connectivity index (χ1n) is 4.79. The van der Waals surface area contributed by atoms with Crippen molar-refractivity contribution in [2.24, 2.45) is 17.2 Å². The van der Waals surface area contributed by atoms with E-state index in [4.69, 9.17) is 17.2 Å². The first-order valence-corrected chi connectivity index (χ1v) is 4.79. The van der Waals surface area contributed by atoms with E-state index in [2.05, 4.69) is 4.98 Å². The second-order valence-corrected chi connectivity index (χ2v) is 3.60. The Morgan fingerprint density at radius 1 is 1.29 bits per heavy atom. The molecule has 1 unspecified atom stereocenters. The van der Waals surface area contributed by atoms with Gasteiger partial charge in [0.1, 0.15) is 0 Å². The fourth-order valence-electron chi connectivity index (χ4n) is 1.41. The number of aromatic nitrogens is 1. The molecule has 0 aliphatic heterocycles. The molecule has 0 saturated heterocycles. The zero-order chi connectivity index (χ0) is 10.4. The smallest absolute Gasteiger partial charge is 0.0422 e. The van der Waals surface area contributed by atoms with Crippen LogP contribution in [0.25, 0.3) is 0 Å². The van der Waals surface area contributed by atoms with E-state index in [-0.39, 0.29) is 0 Å². The molecule has 0 aromatic carbocycles. The van der Waals surface area contributed by atoms with Gasteiger partial charge < -0.3 is 17.2 Å². The Labute approximate surface area is 84.5 Å². The Kier molecular flexibility index (Phi) is 4.00. The summed E-state index contributed by atoms with van der Waals surface area (Å²) in [5, 5.41) is 0. The summed E-state index contributed by atoms with van der Waals surface area (Å²) in [6, 6.07) is 5.78. The lowest BCUT2D eigenvalue weighted by Crippen LogP contribution is -2.50. The zero-order valence-corrected chi connectivity index (χ0v) is 8.32. The van der Waals surface area contributed by atoms with E-state index < -0.39 is 5.54 Å². The Morgan fingerprint density at radius 3 is 2.57 bits per heavy atom. The standard InChI is InChI=1S/C10H18N4/c11-5-4-10(13,8-12)7-9-3-1-2-6-14-9/h1-3,6H,4-5,7-8,11-13H2. The van der Waals surface area contributed by atoms with Crippen molar-refractivity contribution in [2.75, 3.05) is 13.1 Å². The van der Waals surface area contributed by atoms with Crippen LogP contribution in [0.2, 0.25) is 0 Å². The molecule has 0 spiro atoms. The fourth-order valence-corrected chi connectivity index (χ4v) is 1.41. The number of hydrogen-bond donors (Lipinski definition) is 3. The molecule has 0 bridgehead atoms. The van der Waals surface area contributed by atoms with Gasteiger partial charge in [-0.25, -0.2) is 0 Å². The van der Waals surface area contributed by atoms with Crippen molar-refractivity contribution in [2.45, 2.75) is 18.4 Å². The minimum absolute atomic E-state index is 0.414. The highest BCUT2D eigenvalue weighted by Gasteiger charge is 2.22. The van der Waals surface area contributed by atoms with Crippen LogP contribution in [-0.2, 0) is 6.42 Å². The molecule has 14 heavy (non-hydrogen) atoms. The van der Waals surface area contributed by atoms with Crippen LogP contribution in [-0.4, -0.2) is 23.6 Å². The van der Waals surface area contributed by atoms with Crippen LogP contribution < -0.4 is 17.2 Å². The highest BCUT2D eigenvalue weighted by molar-refractivity contribution is 5.08. The number of nitrogens with zero attached hydrogens (tertiary/aromatic N) is 1.